The number of nitrogens with one attached hydrogen (secondary N) is 1. The fourth-order valence-corrected chi connectivity index (χ4v) is 4.93. The van der Waals surface area contributed by atoms with Crippen molar-refractivity contribution in [2.24, 2.45) is 5.92 Å². The van der Waals surface area contributed by atoms with E-state index in [-0.39, 0.29) is 36.0 Å². The molecule has 1 amide bonds. The van der Waals surface area contributed by atoms with Crippen LogP contribution >= 0.6 is 11.5 Å². The van der Waals surface area contributed by atoms with Gasteiger partial charge in [-0.2, -0.15) is 17.5 Å². The van der Waals surface area contributed by atoms with E-state index in [4.69, 9.17) is 4.74 Å². The minimum atomic E-state index is -4.60. The third kappa shape index (κ3) is 6.77. The highest BCUT2D eigenvalue weighted by Crippen LogP contribution is 2.29. The Hall–Kier alpha value is -3.19. The third-order valence-corrected chi connectivity index (χ3v) is 6.87. The Bertz CT molecular complexity index is 1240. The molecule has 1 atom stereocenters. The van der Waals surface area contributed by atoms with Crippen LogP contribution in [0.2, 0.25) is 0 Å². The number of carbonyl (C=O) groups is 1. The van der Waals surface area contributed by atoms with Crippen LogP contribution in [0.5, 0.6) is 5.75 Å². The van der Waals surface area contributed by atoms with E-state index in [1.165, 1.54) is 18.2 Å². The first kappa shape index (κ1) is 26.9. The van der Waals surface area contributed by atoms with Gasteiger partial charge in [0.25, 0.3) is 5.91 Å². The highest BCUT2D eigenvalue weighted by atomic mass is 32.1. The smallest absolute Gasteiger partial charge is 0.434 e. The van der Waals surface area contributed by atoms with Gasteiger partial charge in [0.15, 0.2) is 17.3 Å². The lowest BCUT2D eigenvalue weighted by Crippen LogP contribution is -2.24. The van der Waals surface area contributed by atoms with Crippen LogP contribution in [0.25, 0.3) is 0 Å². The van der Waals surface area contributed by atoms with E-state index in [9.17, 15) is 26.7 Å². The molecule has 37 heavy (non-hydrogen) atoms. The van der Waals surface area contributed by atoms with E-state index in [2.05, 4.69) is 19.7 Å². The zero-order valence-corrected chi connectivity index (χ0v) is 20.6. The first-order chi connectivity index (χ1) is 17.6. The minimum Gasteiger partial charge on any atom is -0.490 e. The number of amides is 1. The summed E-state index contributed by atoms with van der Waals surface area (Å²) in [5.74, 6) is -0.940. The van der Waals surface area contributed by atoms with E-state index in [0.717, 1.165) is 30.7 Å². The summed E-state index contributed by atoms with van der Waals surface area (Å²) in [6.45, 7) is 3.31. The van der Waals surface area contributed by atoms with Crippen molar-refractivity contribution in [2.75, 3.05) is 38.2 Å². The van der Waals surface area contributed by atoms with Gasteiger partial charge in [0.05, 0.1) is 29.8 Å². The fraction of sp³-hybridized carbons (Fsp3) is 0.417. The average molecular weight is 542 g/mol. The van der Waals surface area contributed by atoms with E-state index < -0.39 is 30.3 Å². The third-order valence-electron chi connectivity index (χ3n) is 5.93. The fourth-order valence-electron chi connectivity index (χ4n) is 4.05. The number of anilines is 1. The molecular formula is C24H24F5N5O2S. The first-order valence-corrected chi connectivity index (χ1v) is 12.3. The number of alkyl halides is 4. The maximum absolute atomic E-state index is 14.3. The summed E-state index contributed by atoms with van der Waals surface area (Å²) in [5, 5.41) is 2.71. The highest BCUT2D eigenvalue weighted by molar-refractivity contribution is 7.06. The molecule has 0 bridgehead atoms. The molecule has 4 rings (SSSR count). The summed E-state index contributed by atoms with van der Waals surface area (Å²) >= 11 is 1.04. The number of carbonyl (C=O) groups excluding carboxylic acids is 1. The number of ether oxygens (including phenoxy) is 1. The number of nitrogens with zero attached hydrogens (tertiary/aromatic N) is 4. The van der Waals surface area contributed by atoms with Crippen molar-refractivity contribution in [3.8, 4) is 5.75 Å². The quantitative estimate of drug-likeness (QED) is 0.388. The van der Waals surface area contributed by atoms with Crippen molar-refractivity contribution >= 4 is 23.1 Å². The van der Waals surface area contributed by atoms with Crippen LogP contribution in [-0.4, -0.2) is 58.1 Å². The SMILES string of the molecule is Cc1nsc(Cc2cnc(C(F)(F)F)cn2)c1C(=O)Nc1ccc(F)c(OCC2CCN(CCF)C2)c1. The van der Waals surface area contributed by atoms with Gasteiger partial charge in [-0.15, -0.1) is 0 Å². The van der Waals surface area contributed by atoms with Crippen LogP contribution in [0.3, 0.4) is 0 Å². The summed E-state index contributed by atoms with van der Waals surface area (Å²) in [7, 11) is 0. The van der Waals surface area contributed by atoms with Gasteiger partial charge in [-0.25, -0.2) is 13.8 Å². The number of aromatic nitrogens is 3. The van der Waals surface area contributed by atoms with Gasteiger partial charge in [0, 0.05) is 48.3 Å². The Morgan fingerprint density at radius 1 is 1.27 bits per heavy atom. The number of aryl methyl sites for hydroxylation is 1. The largest absolute Gasteiger partial charge is 0.490 e. The number of benzene rings is 1. The van der Waals surface area contributed by atoms with Gasteiger partial charge >= 0.3 is 6.18 Å². The Balaban J connectivity index is 1.42. The van der Waals surface area contributed by atoms with E-state index in [0.29, 0.717) is 35.5 Å². The molecule has 0 radical (unpaired) electrons. The number of hydrogen-bond donors (Lipinski definition) is 1. The minimum absolute atomic E-state index is 0.0119. The van der Waals surface area contributed by atoms with Gasteiger partial charge in [0.2, 0.25) is 0 Å². The van der Waals surface area contributed by atoms with E-state index in [1.807, 2.05) is 4.90 Å². The van der Waals surface area contributed by atoms with Gasteiger partial charge < -0.3 is 15.0 Å². The van der Waals surface area contributed by atoms with E-state index in [1.54, 1.807) is 6.92 Å². The molecule has 1 aliphatic rings. The lowest BCUT2D eigenvalue weighted by Gasteiger charge is -2.15. The molecular weight excluding hydrogens is 517 g/mol. The molecule has 0 spiro atoms. The van der Waals surface area contributed by atoms with Crippen LogP contribution in [0, 0.1) is 18.7 Å². The highest BCUT2D eigenvalue weighted by Gasteiger charge is 2.33. The predicted octanol–water partition coefficient (Wildman–Crippen LogP) is 4.91. The van der Waals surface area contributed by atoms with Crippen LogP contribution in [-0.2, 0) is 12.6 Å². The molecule has 3 heterocycles. The van der Waals surface area contributed by atoms with Crippen molar-refractivity contribution in [1.29, 1.82) is 0 Å². The number of likely N-dealkylation sites (tertiary alicyclic amines) is 1. The predicted molar refractivity (Wildman–Crippen MR) is 127 cm³/mol. The zero-order chi connectivity index (χ0) is 26.6. The molecule has 1 aliphatic heterocycles. The van der Waals surface area contributed by atoms with Crippen LogP contribution in [0.4, 0.5) is 27.6 Å². The molecule has 0 aliphatic carbocycles. The maximum atomic E-state index is 14.3. The van der Waals surface area contributed by atoms with Crippen LogP contribution in [0.1, 0.15) is 38.7 Å². The summed E-state index contributed by atoms with van der Waals surface area (Å²) in [5.41, 5.74) is 0.152. The molecule has 1 aromatic carbocycles. The second-order valence-electron chi connectivity index (χ2n) is 8.69. The van der Waals surface area contributed by atoms with Crippen molar-refractivity contribution in [1.82, 2.24) is 19.2 Å². The number of halogens is 5. The topological polar surface area (TPSA) is 80.2 Å². The average Bonchev–Trinajstić information content (AvgIpc) is 3.45. The monoisotopic (exact) mass is 541 g/mol. The molecule has 2 aromatic heterocycles. The summed E-state index contributed by atoms with van der Waals surface area (Å²) in [6.07, 6.45) is -2.04. The van der Waals surface area contributed by atoms with Gasteiger partial charge in [-0.1, -0.05) is 0 Å². The Morgan fingerprint density at radius 2 is 2.08 bits per heavy atom. The molecule has 7 nitrogen and oxygen atoms in total. The summed E-state index contributed by atoms with van der Waals surface area (Å²) < 4.78 is 75.0. The first-order valence-electron chi connectivity index (χ1n) is 11.5. The molecule has 3 aromatic rings. The van der Waals surface area contributed by atoms with Crippen molar-refractivity contribution in [3.05, 3.63) is 63.9 Å². The Labute approximate surface area is 213 Å². The number of hydrogen-bond acceptors (Lipinski definition) is 7. The number of rotatable bonds is 9. The molecule has 13 heteroatoms. The molecule has 1 unspecified atom stereocenters. The molecule has 0 saturated carbocycles. The molecule has 198 valence electrons. The summed E-state index contributed by atoms with van der Waals surface area (Å²) in [4.78, 5) is 22.8. The standard InChI is InChI=1S/C24H24F5N5O2S/c1-14-22(20(37-33-14)9-17-10-31-21(11-30-17)24(27,28)29)23(35)32-16-2-3-18(26)19(8-16)36-13-15-4-6-34(12-15)7-5-25/h2-3,8,10-11,15H,4-7,9,12-13H2,1H3,(H,32,35). The maximum Gasteiger partial charge on any atom is 0.434 e. The second kappa shape index (κ2) is 11.5. The lowest BCUT2D eigenvalue weighted by atomic mass is 10.1. The van der Waals surface area contributed by atoms with Gasteiger partial charge in [-0.05, 0) is 43.6 Å². The Morgan fingerprint density at radius 3 is 2.78 bits per heavy atom. The second-order valence-corrected chi connectivity index (χ2v) is 9.55. The summed E-state index contributed by atoms with van der Waals surface area (Å²) in [6, 6.07) is 3.97. The molecule has 1 N–H and O–H groups in total. The zero-order valence-electron chi connectivity index (χ0n) is 19.8. The van der Waals surface area contributed by atoms with Crippen molar-refractivity contribution in [2.45, 2.75) is 25.9 Å². The van der Waals surface area contributed by atoms with Crippen LogP contribution in [0.15, 0.2) is 30.6 Å². The molecule has 1 fully saturated rings. The van der Waals surface area contributed by atoms with E-state index >= 15 is 0 Å². The van der Waals surface area contributed by atoms with Gasteiger partial charge in [0.1, 0.15) is 6.67 Å². The molecule has 1 saturated heterocycles. The Kier molecular flexibility index (Phi) is 8.32. The van der Waals surface area contributed by atoms with Crippen LogP contribution < -0.4 is 10.1 Å². The van der Waals surface area contributed by atoms with Gasteiger partial charge in [-0.3, -0.25) is 9.78 Å². The van der Waals surface area contributed by atoms with Crippen molar-refractivity contribution < 1.29 is 31.5 Å². The normalized spacial score (nSPS) is 16.2. The van der Waals surface area contributed by atoms with Crippen molar-refractivity contribution in [3.63, 3.8) is 0 Å². The lowest BCUT2D eigenvalue weighted by molar-refractivity contribution is -0.141.